The summed E-state index contributed by atoms with van der Waals surface area (Å²) in [4.78, 5) is 37.7. The van der Waals surface area contributed by atoms with Crippen molar-refractivity contribution >= 4 is 17.9 Å². The Morgan fingerprint density at radius 1 is 0.500 bits per heavy atom. The van der Waals surface area contributed by atoms with Gasteiger partial charge in [-0.2, -0.15) is 0 Å². The molecule has 0 aromatic heterocycles. The van der Waals surface area contributed by atoms with Crippen LogP contribution in [0.1, 0.15) is 195 Å². The van der Waals surface area contributed by atoms with Crippen molar-refractivity contribution in [3.8, 4) is 0 Å². The number of unbranched alkanes of at least 4 members (excludes halogenated alkanes) is 18. The number of carboxylic acid groups (broad SMARTS) is 3. The fraction of sp³-hybridized carbons (Fsp3) is 0.872. The summed E-state index contributed by atoms with van der Waals surface area (Å²) < 4.78 is -0.433. The van der Waals surface area contributed by atoms with Crippen LogP contribution in [0.15, 0.2) is 12.2 Å². The average Bonchev–Trinajstić information content (AvgIpc) is 3.02. The largest absolute Gasteiger partial charge is 0.544 e. The first-order valence-corrected chi connectivity index (χ1v) is 19.4. The van der Waals surface area contributed by atoms with Gasteiger partial charge >= 0.3 is 11.9 Å². The van der Waals surface area contributed by atoms with Gasteiger partial charge < -0.3 is 20.1 Å². The number of aliphatic carboxylic acids is 3. The number of rotatable bonds is 34. The maximum Gasteiger partial charge on any atom is 0.362 e. The molecule has 0 aromatic carbocycles. The molecular weight excluding hydrogens is 578 g/mol. The molecule has 270 valence electrons. The molecule has 0 radical (unpaired) electrons. The molecule has 0 saturated heterocycles. The molecule has 0 fully saturated rings. The van der Waals surface area contributed by atoms with Crippen LogP contribution in [0.4, 0.5) is 0 Å². The van der Waals surface area contributed by atoms with Crippen LogP contribution in [0.3, 0.4) is 0 Å². The van der Waals surface area contributed by atoms with Crippen molar-refractivity contribution in [1.29, 1.82) is 0 Å². The Labute approximate surface area is 283 Å². The third kappa shape index (κ3) is 18.4. The molecule has 2 N–H and O–H groups in total. The van der Waals surface area contributed by atoms with Crippen molar-refractivity contribution < 1.29 is 34.2 Å². The zero-order valence-corrected chi connectivity index (χ0v) is 30.5. The second kappa shape index (κ2) is 29.3. The highest BCUT2D eigenvalue weighted by atomic mass is 16.4. The van der Waals surface area contributed by atoms with Crippen LogP contribution >= 0.6 is 0 Å². The van der Waals surface area contributed by atoms with Gasteiger partial charge in [0.2, 0.25) is 0 Å². The molecule has 0 amide bonds. The predicted molar refractivity (Wildman–Crippen MR) is 189 cm³/mol. The van der Waals surface area contributed by atoms with Gasteiger partial charge in [0.15, 0.2) is 12.1 Å². The Morgan fingerprint density at radius 2 is 0.826 bits per heavy atom. The van der Waals surface area contributed by atoms with Crippen molar-refractivity contribution in [2.45, 2.75) is 213 Å². The highest BCUT2D eigenvalue weighted by Gasteiger charge is 2.54. The van der Waals surface area contributed by atoms with Gasteiger partial charge in [0.05, 0.1) is 12.5 Å². The maximum absolute atomic E-state index is 12.6. The Kier molecular flexibility index (Phi) is 28.1. The SMILES string of the molecule is CCCCCCCC/C=C/CCCCCCCCCCCCCC[N+](C(CCC)C(=O)[O-])(C(CCC)C(=O)O)C(CCC)C(=O)O. The van der Waals surface area contributed by atoms with E-state index in [0.29, 0.717) is 25.7 Å². The van der Waals surface area contributed by atoms with Crippen LogP contribution < -0.4 is 5.11 Å². The first-order valence-electron chi connectivity index (χ1n) is 19.4. The summed E-state index contributed by atoms with van der Waals surface area (Å²) >= 11 is 0. The molecule has 3 unspecified atom stereocenters. The Hall–Kier alpha value is -1.89. The number of hydrogen-bond acceptors (Lipinski definition) is 4. The van der Waals surface area contributed by atoms with E-state index in [9.17, 15) is 29.7 Å². The fourth-order valence-corrected chi connectivity index (χ4v) is 7.33. The van der Waals surface area contributed by atoms with Crippen LogP contribution in [0.2, 0.25) is 0 Å². The number of carbonyl (C=O) groups is 3. The van der Waals surface area contributed by atoms with Gasteiger partial charge in [0.1, 0.15) is 6.04 Å². The molecule has 0 aliphatic heterocycles. The third-order valence-corrected chi connectivity index (χ3v) is 9.83. The first kappa shape index (κ1) is 44.1. The van der Waals surface area contributed by atoms with Gasteiger partial charge in [0, 0.05) is 19.3 Å². The zero-order valence-electron chi connectivity index (χ0n) is 30.5. The van der Waals surface area contributed by atoms with E-state index in [1.807, 2.05) is 20.8 Å². The molecular formula is C39H73NO6. The van der Waals surface area contributed by atoms with Crippen molar-refractivity contribution in [3.63, 3.8) is 0 Å². The van der Waals surface area contributed by atoms with Crippen LogP contribution in [-0.4, -0.2) is 57.3 Å². The first-order chi connectivity index (χ1) is 22.2. The summed E-state index contributed by atoms with van der Waals surface area (Å²) in [7, 11) is 0. The summed E-state index contributed by atoms with van der Waals surface area (Å²) in [5.41, 5.74) is 0. The van der Waals surface area contributed by atoms with Crippen LogP contribution in [0.25, 0.3) is 0 Å². The number of hydrogen-bond donors (Lipinski definition) is 2. The fourth-order valence-electron chi connectivity index (χ4n) is 7.33. The van der Waals surface area contributed by atoms with Gasteiger partial charge in [0.25, 0.3) is 0 Å². The minimum Gasteiger partial charge on any atom is -0.544 e. The van der Waals surface area contributed by atoms with Crippen molar-refractivity contribution in [2.75, 3.05) is 6.54 Å². The number of carboxylic acids is 3. The predicted octanol–water partition coefficient (Wildman–Crippen LogP) is 9.61. The van der Waals surface area contributed by atoms with Crippen molar-refractivity contribution in [2.24, 2.45) is 0 Å². The smallest absolute Gasteiger partial charge is 0.362 e. The normalized spacial score (nSPS) is 15.0. The summed E-state index contributed by atoms with van der Waals surface area (Å²) in [6.07, 6.45) is 31.4. The van der Waals surface area contributed by atoms with Gasteiger partial charge in [-0.3, -0.25) is 4.48 Å². The Morgan fingerprint density at radius 3 is 1.15 bits per heavy atom. The molecule has 0 aliphatic carbocycles. The lowest BCUT2D eigenvalue weighted by Crippen LogP contribution is -2.74. The Bertz CT molecular complexity index is 738. The highest BCUT2D eigenvalue weighted by Crippen LogP contribution is 2.34. The van der Waals surface area contributed by atoms with E-state index >= 15 is 0 Å². The van der Waals surface area contributed by atoms with Gasteiger partial charge in [-0.25, -0.2) is 9.59 Å². The third-order valence-electron chi connectivity index (χ3n) is 9.83. The van der Waals surface area contributed by atoms with E-state index < -0.39 is 40.5 Å². The molecule has 7 nitrogen and oxygen atoms in total. The molecule has 0 rings (SSSR count). The monoisotopic (exact) mass is 652 g/mol. The quantitative estimate of drug-likeness (QED) is 0.0407. The topological polar surface area (TPSA) is 115 Å². The van der Waals surface area contributed by atoms with Gasteiger partial charge in [-0.05, 0) is 51.4 Å². The molecule has 7 heteroatoms. The summed E-state index contributed by atoms with van der Waals surface area (Å²) in [6.45, 7) is 8.09. The van der Waals surface area contributed by atoms with E-state index in [4.69, 9.17) is 0 Å². The van der Waals surface area contributed by atoms with E-state index in [1.165, 1.54) is 103 Å². The van der Waals surface area contributed by atoms with Crippen molar-refractivity contribution in [1.82, 2.24) is 0 Å². The zero-order chi connectivity index (χ0) is 34.5. The maximum atomic E-state index is 12.6. The number of quaternary nitrogens is 1. The lowest BCUT2D eigenvalue weighted by atomic mass is 9.91. The highest BCUT2D eigenvalue weighted by molar-refractivity contribution is 5.77. The van der Waals surface area contributed by atoms with Crippen molar-refractivity contribution in [3.05, 3.63) is 12.2 Å². The molecule has 46 heavy (non-hydrogen) atoms. The van der Waals surface area contributed by atoms with E-state index in [2.05, 4.69) is 19.1 Å². The van der Waals surface area contributed by atoms with Crippen LogP contribution in [-0.2, 0) is 14.4 Å². The lowest BCUT2D eigenvalue weighted by molar-refractivity contribution is -0.975. The minimum absolute atomic E-state index is 0.208. The Balaban J connectivity index is 4.59. The molecule has 0 spiro atoms. The minimum atomic E-state index is -1.33. The second-order valence-electron chi connectivity index (χ2n) is 13.7. The summed E-state index contributed by atoms with van der Waals surface area (Å²) in [5.74, 6) is -3.55. The van der Waals surface area contributed by atoms with Gasteiger partial charge in [-0.15, -0.1) is 0 Å². The van der Waals surface area contributed by atoms with E-state index in [1.54, 1.807) is 0 Å². The molecule has 0 saturated carbocycles. The number of nitrogens with zero attached hydrogens (tertiary/aromatic N) is 1. The number of carbonyl (C=O) groups excluding carboxylic acids is 1. The summed E-state index contributed by atoms with van der Waals surface area (Å²) in [5, 5.41) is 33.1. The standard InChI is InChI=1S/C39H73NO6/c1-5-9-10-11-12-13-14-15-16-17-18-19-20-21-22-23-24-25-26-27-28-29-33-40(34(30-6-2)37(41)42,35(31-7-3)38(43)44)36(32-8-4)39(45)46/h15-16,34-36H,5-14,17-33H2,1-4H3,(H2-,41,42,43,44,45,46)/b16-15+. The van der Waals surface area contributed by atoms with Crippen LogP contribution in [0.5, 0.6) is 0 Å². The van der Waals surface area contributed by atoms with Crippen LogP contribution in [0, 0.1) is 0 Å². The van der Waals surface area contributed by atoms with E-state index in [0.717, 1.165) is 19.3 Å². The molecule has 0 bridgehead atoms. The average molecular weight is 652 g/mol. The summed E-state index contributed by atoms with van der Waals surface area (Å²) in [6, 6.07) is -3.33. The number of allylic oxidation sites excluding steroid dienone is 2. The molecule has 0 heterocycles. The molecule has 3 atom stereocenters. The second-order valence-corrected chi connectivity index (χ2v) is 13.7. The van der Waals surface area contributed by atoms with E-state index in [-0.39, 0.29) is 25.8 Å². The van der Waals surface area contributed by atoms with Gasteiger partial charge in [-0.1, -0.05) is 136 Å². The lowest BCUT2D eigenvalue weighted by Gasteiger charge is -2.52. The molecule has 0 aromatic rings. The molecule has 0 aliphatic rings.